The quantitative estimate of drug-likeness (QED) is 0.600. The molecule has 0 radical (unpaired) electrons. The van der Waals surface area contributed by atoms with Crippen LogP contribution >= 0.6 is 0 Å². The zero-order chi connectivity index (χ0) is 26.9. The Kier molecular flexibility index (Phi) is 10.8. The van der Waals surface area contributed by atoms with Gasteiger partial charge in [0.2, 0.25) is 5.91 Å². The summed E-state index contributed by atoms with van der Waals surface area (Å²) < 4.78 is 19.8. The molecule has 0 fully saturated rings. The fourth-order valence-corrected chi connectivity index (χ4v) is 3.24. The van der Waals surface area contributed by atoms with Gasteiger partial charge in [0.1, 0.15) is 11.6 Å². The van der Waals surface area contributed by atoms with Gasteiger partial charge < -0.3 is 20.9 Å². The third-order valence-electron chi connectivity index (χ3n) is 4.90. The molecule has 0 spiro atoms. The molecule has 1 aromatic carbocycles. The van der Waals surface area contributed by atoms with E-state index in [-0.39, 0.29) is 29.2 Å². The lowest BCUT2D eigenvalue weighted by Gasteiger charge is -2.38. The van der Waals surface area contributed by atoms with E-state index in [2.05, 4.69) is 15.3 Å². The number of aliphatic imine (C=N–C) groups is 1. The Balaban J connectivity index is 0.000000926. The fraction of sp³-hybridized carbons (Fsp3) is 0.440. The van der Waals surface area contributed by atoms with Crippen molar-refractivity contribution in [2.45, 2.75) is 53.7 Å². The first kappa shape index (κ1) is 29.5. The van der Waals surface area contributed by atoms with Crippen LogP contribution in [0.1, 0.15) is 63.6 Å². The number of aliphatic hydroxyl groups excluding tert-OH is 1. The van der Waals surface area contributed by atoms with E-state index >= 15 is 0 Å². The van der Waals surface area contributed by atoms with Crippen LogP contribution in [0.3, 0.4) is 0 Å². The number of benzene rings is 1. The number of aliphatic hydroxyl groups is 1. The Morgan fingerprint density at radius 3 is 2.46 bits per heavy atom. The predicted molar refractivity (Wildman–Crippen MR) is 135 cm³/mol. The van der Waals surface area contributed by atoms with Crippen LogP contribution in [0, 0.1) is 11.2 Å². The molecule has 1 aliphatic heterocycles. The molecule has 9 nitrogen and oxygen atoms in total. The Morgan fingerprint density at radius 1 is 1.29 bits per heavy atom. The molecule has 0 saturated heterocycles. The second-order valence-corrected chi connectivity index (χ2v) is 8.31. The number of rotatable bonds is 4. The summed E-state index contributed by atoms with van der Waals surface area (Å²) in [7, 11) is 2.96. The molecular formula is C25H36FN5O4. The minimum Gasteiger partial charge on any atom is -0.494 e. The van der Waals surface area contributed by atoms with Crippen molar-refractivity contribution in [3.63, 3.8) is 0 Å². The van der Waals surface area contributed by atoms with E-state index in [0.29, 0.717) is 11.4 Å². The van der Waals surface area contributed by atoms with Gasteiger partial charge in [0.15, 0.2) is 11.7 Å². The molecule has 1 atom stereocenters. The summed E-state index contributed by atoms with van der Waals surface area (Å²) in [6.07, 6.45) is 1.30. The van der Waals surface area contributed by atoms with Crippen molar-refractivity contribution >= 4 is 23.5 Å². The van der Waals surface area contributed by atoms with Crippen LogP contribution in [0.2, 0.25) is 0 Å². The normalized spacial score (nSPS) is 16.3. The second-order valence-electron chi connectivity index (χ2n) is 8.31. The molecule has 0 aliphatic carbocycles. The molecule has 4 N–H and O–H groups in total. The highest BCUT2D eigenvalue weighted by Crippen LogP contribution is 2.42. The maximum absolute atomic E-state index is 14.6. The van der Waals surface area contributed by atoms with E-state index in [0.717, 1.165) is 0 Å². The number of nitrogens with two attached hydrogens (primary N) is 1. The number of ether oxygens (including phenoxy) is 1. The standard InChI is InChI=1S/C20H22FN5O3.C3H8O.C2H6/c1-20(2)16(25-19(22)26(3)18(20)28)12-10-11(7-8-13(12)21)24-17(27)15-14(29-4)6-5-9-23-15;1-3(2)4;1-2/h5-10,16H,1-4H3,(H2,22,25)(H,24,27);3-4H,1-2H3;1-2H3. The van der Waals surface area contributed by atoms with Gasteiger partial charge in [0.05, 0.1) is 18.6 Å². The molecule has 0 bridgehead atoms. The summed E-state index contributed by atoms with van der Waals surface area (Å²) in [5.74, 6) is -1.02. The Hall–Kier alpha value is -3.53. The number of nitrogens with one attached hydrogen (secondary N) is 1. The first-order chi connectivity index (χ1) is 16.4. The van der Waals surface area contributed by atoms with Gasteiger partial charge in [-0.25, -0.2) is 14.4 Å². The maximum atomic E-state index is 14.6. The van der Waals surface area contributed by atoms with Crippen LogP contribution in [0.25, 0.3) is 0 Å². The van der Waals surface area contributed by atoms with Crippen molar-refractivity contribution in [1.82, 2.24) is 9.88 Å². The highest BCUT2D eigenvalue weighted by molar-refractivity contribution is 6.05. The summed E-state index contributed by atoms with van der Waals surface area (Å²) in [5, 5.41) is 10.7. The number of aromatic nitrogens is 1. The van der Waals surface area contributed by atoms with E-state index in [4.69, 9.17) is 15.6 Å². The number of nitrogens with zero attached hydrogens (tertiary/aromatic N) is 3. The topological polar surface area (TPSA) is 130 Å². The summed E-state index contributed by atoms with van der Waals surface area (Å²) >= 11 is 0. The van der Waals surface area contributed by atoms with Crippen molar-refractivity contribution < 1.29 is 23.8 Å². The SMILES string of the molecule is CC.CC(C)O.COc1cccnc1C(=O)Nc1ccc(F)c(C2N=C(N)N(C)C(=O)C2(C)C)c1. The van der Waals surface area contributed by atoms with E-state index in [1.54, 1.807) is 39.8 Å². The molecule has 10 heteroatoms. The lowest BCUT2D eigenvalue weighted by Crippen LogP contribution is -2.51. The Labute approximate surface area is 206 Å². The van der Waals surface area contributed by atoms with Crippen LogP contribution in [0.4, 0.5) is 10.1 Å². The molecule has 192 valence electrons. The molecular weight excluding hydrogens is 453 g/mol. The molecule has 1 unspecified atom stereocenters. The lowest BCUT2D eigenvalue weighted by molar-refractivity contribution is -0.137. The highest BCUT2D eigenvalue weighted by atomic mass is 19.1. The van der Waals surface area contributed by atoms with Crippen LogP contribution in [0.5, 0.6) is 5.75 Å². The van der Waals surface area contributed by atoms with Gasteiger partial charge in [-0.05, 0) is 58.0 Å². The third-order valence-corrected chi connectivity index (χ3v) is 4.90. The number of guanidine groups is 1. The molecule has 35 heavy (non-hydrogen) atoms. The lowest BCUT2D eigenvalue weighted by atomic mass is 9.78. The third kappa shape index (κ3) is 7.22. The zero-order valence-electron chi connectivity index (χ0n) is 21.6. The summed E-state index contributed by atoms with van der Waals surface area (Å²) in [5.41, 5.74) is 5.39. The molecule has 0 saturated carbocycles. The van der Waals surface area contributed by atoms with Crippen LogP contribution < -0.4 is 15.8 Å². The minimum atomic E-state index is -1.02. The Bertz CT molecular complexity index is 1050. The smallest absolute Gasteiger partial charge is 0.278 e. The number of carbonyl (C=O) groups excluding carboxylic acids is 2. The van der Waals surface area contributed by atoms with Crippen molar-refractivity contribution in [3.05, 3.63) is 53.6 Å². The number of methoxy groups -OCH3 is 1. The fourth-order valence-electron chi connectivity index (χ4n) is 3.24. The largest absolute Gasteiger partial charge is 0.494 e. The van der Waals surface area contributed by atoms with Crippen molar-refractivity contribution in [3.8, 4) is 5.75 Å². The monoisotopic (exact) mass is 489 g/mol. The molecule has 3 rings (SSSR count). The first-order valence-corrected chi connectivity index (χ1v) is 11.3. The number of carbonyl (C=O) groups is 2. The molecule has 1 aromatic heterocycles. The number of hydrogen-bond donors (Lipinski definition) is 3. The average Bonchev–Trinajstić information content (AvgIpc) is 2.82. The molecule has 1 aliphatic rings. The zero-order valence-corrected chi connectivity index (χ0v) is 21.6. The predicted octanol–water partition coefficient (Wildman–Crippen LogP) is 3.75. The number of pyridine rings is 1. The van der Waals surface area contributed by atoms with E-state index < -0.39 is 23.2 Å². The second kappa shape index (κ2) is 12.8. The van der Waals surface area contributed by atoms with Crippen molar-refractivity contribution in [2.24, 2.45) is 16.1 Å². The maximum Gasteiger partial charge on any atom is 0.278 e. The molecule has 2 aromatic rings. The molecule has 2 amide bonds. The number of halogens is 1. The van der Waals surface area contributed by atoms with Crippen LogP contribution in [0.15, 0.2) is 41.5 Å². The van der Waals surface area contributed by atoms with E-state index in [1.807, 2.05) is 13.8 Å². The van der Waals surface area contributed by atoms with E-state index in [1.165, 1.54) is 43.5 Å². The summed E-state index contributed by atoms with van der Waals surface area (Å²) in [4.78, 5) is 34.8. The Morgan fingerprint density at radius 2 is 1.89 bits per heavy atom. The van der Waals surface area contributed by atoms with Gasteiger partial charge >= 0.3 is 0 Å². The highest BCUT2D eigenvalue weighted by Gasteiger charge is 2.45. The summed E-state index contributed by atoms with van der Waals surface area (Å²) in [6, 6.07) is 6.50. The van der Waals surface area contributed by atoms with Crippen molar-refractivity contribution in [1.29, 1.82) is 0 Å². The van der Waals surface area contributed by atoms with Crippen LogP contribution in [-0.2, 0) is 4.79 Å². The van der Waals surface area contributed by atoms with Gasteiger partial charge in [-0.2, -0.15) is 0 Å². The van der Waals surface area contributed by atoms with Gasteiger partial charge in [-0.3, -0.25) is 14.5 Å². The number of hydrogen-bond acceptors (Lipinski definition) is 7. The minimum absolute atomic E-state index is 0.00591. The van der Waals surface area contributed by atoms with Gasteiger partial charge in [0.25, 0.3) is 5.91 Å². The van der Waals surface area contributed by atoms with Gasteiger partial charge in [-0.15, -0.1) is 0 Å². The van der Waals surface area contributed by atoms with Crippen molar-refractivity contribution in [2.75, 3.05) is 19.5 Å². The molecule has 2 heterocycles. The van der Waals surface area contributed by atoms with E-state index in [9.17, 15) is 14.0 Å². The van der Waals surface area contributed by atoms with Gasteiger partial charge in [0, 0.05) is 30.6 Å². The number of amides is 2. The van der Waals surface area contributed by atoms with Crippen LogP contribution in [-0.4, -0.2) is 53.0 Å². The van der Waals surface area contributed by atoms with Gasteiger partial charge in [-0.1, -0.05) is 13.8 Å². The first-order valence-electron chi connectivity index (χ1n) is 11.3. The number of anilines is 1. The summed E-state index contributed by atoms with van der Waals surface area (Å²) in [6.45, 7) is 10.8. The average molecular weight is 490 g/mol.